The molecule has 1 aliphatic heterocycles. The molecule has 0 spiro atoms. The number of aromatic nitrogens is 2. The number of guanidine groups is 1. The normalized spacial score (nSPS) is 16.2. The fraction of sp³-hybridized carbons (Fsp3) is 0.545. The van der Waals surface area contributed by atoms with Gasteiger partial charge >= 0.3 is 0 Å². The van der Waals surface area contributed by atoms with Crippen LogP contribution in [0, 0.1) is 5.92 Å². The summed E-state index contributed by atoms with van der Waals surface area (Å²) in [6.07, 6.45) is 4.91. The molecule has 1 fully saturated rings. The zero-order chi connectivity index (χ0) is 20.5. The van der Waals surface area contributed by atoms with Crippen molar-refractivity contribution in [3.05, 3.63) is 48.3 Å². The van der Waals surface area contributed by atoms with E-state index in [2.05, 4.69) is 57.8 Å². The Morgan fingerprint density at radius 2 is 1.90 bits per heavy atom. The van der Waals surface area contributed by atoms with Crippen LogP contribution in [0.3, 0.4) is 0 Å². The third-order valence-corrected chi connectivity index (χ3v) is 5.35. The van der Waals surface area contributed by atoms with E-state index in [1.807, 2.05) is 36.1 Å². The molecule has 2 aromatic rings. The number of ether oxygens (including phenoxy) is 1. The molecular weight excluding hydrogens is 491 g/mol. The SMILES string of the molecule is CN=C(NCCc1cnn(-c2ccccc2)c1)NCC(C(C)C)N1CCOCC1.I. The molecule has 1 atom stereocenters. The van der Waals surface area contributed by atoms with E-state index in [0.29, 0.717) is 12.0 Å². The minimum absolute atomic E-state index is 0. The minimum Gasteiger partial charge on any atom is -0.379 e. The van der Waals surface area contributed by atoms with E-state index in [1.165, 1.54) is 5.56 Å². The first-order chi connectivity index (χ1) is 14.2. The fourth-order valence-corrected chi connectivity index (χ4v) is 3.65. The third kappa shape index (κ3) is 7.24. The van der Waals surface area contributed by atoms with Crippen molar-refractivity contribution in [2.75, 3.05) is 46.4 Å². The van der Waals surface area contributed by atoms with Gasteiger partial charge in [0.05, 0.1) is 25.1 Å². The predicted octanol–water partition coefficient (Wildman–Crippen LogP) is 2.55. The van der Waals surface area contributed by atoms with Gasteiger partial charge in [-0.3, -0.25) is 9.89 Å². The Morgan fingerprint density at radius 1 is 1.17 bits per heavy atom. The zero-order valence-corrected chi connectivity index (χ0v) is 20.6. The number of morpholine rings is 1. The summed E-state index contributed by atoms with van der Waals surface area (Å²) < 4.78 is 7.41. The molecule has 1 aliphatic rings. The van der Waals surface area contributed by atoms with Crippen molar-refractivity contribution in [2.45, 2.75) is 26.3 Å². The number of hydrogen-bond donors (Lipinski definition) is 2. The van der Waals surface area contributed by atoms with E-state index < -0.39 is 0 Å². The van der Waals surface area contributed by atoms with E-state index in [9.17, 15) is 0 Å². The number of para-hydroxylation sites is 1. The molecule has 8 heteroatoms. The van der Waals surface area contributed by atoms with Gasteiger partial charge in [0.2, 0.25) is 0 Å². The molecule has 2 N–H and O–H groups in total. The lowest BCUT2D eigenvalue weighted by molar-refractivity contribution is 0.00752. The van der Waals surface area contributed by atoms with Gasteiger partial charge < -0.3 is 15.4 Å². The third-order valence-electron chi connectivity index (χ3n) is 5.35. The summed E-state index contributed by atoms with van der Waals surface area (Å²) in [5.41, 5.74) is 2.28. The minimum atomic E-state index is 0. The molecule has 0 saturated carbocycles. The fourth-order valence-electron chi connectivity index (χ4n) is 3.65. The summed E-state index contributed by atoms with van der Waals surface area (Å²) in [5, 5.41) is 11.4. The van der Waals surface area contributed by atoms with Crippen molar-refractivity contribution < 1.29 is 4.74 Å². The van der Waals surface area contributed by atoms with Crippen molar-refractivity contribution in [3.63, 3.8) is 0 Å². The van der Waals surface area contributed by atoms with Crippen LogP contribution >= 0.6 is 24.0 Å². The van der Waals surface area contributed by atoms with Crippen LogP contribution < -0.4 is 10.6 Å². The predicted molar refractivity (Wildman–Crippen MR) is 133 cm³/mol. The van der Waals surface area contributed by atoms with E-state index in [0.717, 1.165) is 57.5 Å². The Morgan fingerprint density at radius 3 is 2.57 bits per heavy atom. The Hall–Kier alpha value is -1.65. The average molecular weight is 526 g/mol. The lowest BCUT2D eigenvalue weighted by Crippen LogP contribution is -2.52. The van der Waals surface area contributed by atoms with Gasteiger partial charge in [-0.1, -0.05) is 32.0 Å². The first-order valence-electron chi connectivity index (χ1n) is 10.5. The van der Waals surface area contributed by atoms with Crippen molar-refractivity contribution in [1.29, 1.82) is 0 Å². The Bertz CT molecular complexity index is 758. The van der Waals surface area contributed by atoms with E-state index in [4.69, 9.17) is 4.74 Å². The largest absolute Gasteiger partial charge is 0.379 e. The Kier molecular flexibility index (Phi) is 10.6. The lowest BCUT2D eigenvalue weighted by Gasteiger charge is -2.37. The maximum atomic E-state index is 5.50. The number of nitrogens with one attached hydrogen (secondary N) is 2. The topological polar surface area (TPSA) is 66.7 Å². The molecule has 1 aromatic heterocycles. The van der Waals surface area contributed by atoms with Crippen LogP contribution in [0.4, 0.5) is 0 Å². The number of halogens is 1. The van der Waals surface area contributed by atoms with Gasteiger partial charge in [-0.15, -0.1) is 24.0 Å². The summed E-state index contributed by atoms with van der Waals surface area (Å²) in [6.45, 7) is 9.90. The molecule has 166 valence electrons. The number of rotatable bonds is 8. The van der Waals surface area contributed by atoms with Gasteiger partial charge in [0.25, 0.3) is 0 Å². The molecule has 0 bridgehead atoms. The second-order valence-electron chi connectivity index (χ2n) is 7.72. The molecule has 1 saturated heterocycles. The van der Waals surface area contributed by atoms with Crippen LogP contribution in [0.5, 0.6) is 0 Å². The monoisotopic (exact) mass is 526 g/mol. The highest BCUT2D eigenvalue weighted by Gasteiger charge is 2.23. The zero-order valence-electron chi connectivity index (χ0n) is 18.3. The molecule has 1 unspecified atom stereocenters. The highest BCUT2D eigenvalue weighted by atomic mass is 127. The lowest BCUT2D eigenvalue weighted by atomic mass is 10.0. The summed E-state index contributed by atoms with van der Waals surface area (Å²) >= 11 is 0. The quantitative estimate of drug-likeness (QED) is 0.315. The van der Waals surface area contributed by atoms with Crippen LogP contribution in [0.25, 0.3) is 5.69 Å². The van der Waals surface area contributed by atoms with Crippen LogP contribution in [0.2, 0.25) is 0 Å². The van der Waals surface area contributed by atoms with Crippen LogP contribution in [0.15, 0.2) is 47.7 Å². The number of nitrogens with zero attached hydrogens (tertiary/aromatic N) is 4. The van der Waals surface area contributed by atoms with Crippen molar-refractivity contribution in [1.82, 2.24) is 25.3 Å². The molecule has 0 radical (unpaired) electrons. The van der Waals surface area contributed by atoms with Gasteiger partial charge in [0.15, 0.2) is 5.96 Å². The Balaban J connectivity index is 0.00000320. The van der Waals surface area contributed by atoms with Crippen LogP contribution in [-0.2, 0) is 11.2 Å². The average Bonchev–Trinajstić information content (AvgIpc) is 3.23. The Labute approximate surface area is 197 Å². The maximum Gasteiger partial charge on any atom is 0.191 e. The standard InChI is InChI=1S/C22H34N6O.HI/c1-18(2)21(27-11-13-29-14-12-27)16-25-22(23-3)24-10-9-19-15-26-28(17-19)20-7-5-4-6-8-20;/h4-8,15,17-18,21H,9-14,16H2,1-3H3,(H2,23,24,25);1H. The van der Waals surface area contributed by atoms with Gasteiger partial charge in [-0.25, -0.2) is 4.68 Å². The molecular formula is C22H35IN6O. The highest BCUT2D eigenvalue weighted by Crippen LogP contribution is 2.12. The van der Waals surface area contributed by atoms with Crippen LogP contribution in [0.1, 0.15) is 19.4 Å². The van der Waals surface area contributed by atoms with Gasteiger partial charge in [0, 0.05) is 45.5 Å². The van der Waals surface area contributed by atoms with Crippen LogP contribution in [-0.4, -0.2) is 73.1 Å². The number of aliphatic imine (C=N–C) groups is 1. The summed E-state index contributed by atoms with van der Waals surface area (Å²) in [6, 6.07) is 10.6. The number of benzene rings is 1. The van der Waals surface area contributed by atoms with Gasteiger partial charge in [-0.05, 0) is 30.0 Å². The summed E-state index contributed by atoms with van der Waals surface area (Å²) in [5.74, 6) is 1.42. The highest BCUT2D eigenvalue weighted by molar-refractivity contribution is 14.0. The van der Waals surface area contributed by atoms with E-state index in [1.54, 1.807) is 0 Å². The molecule has 30 heavy (non-hydrogen) atoms. The molecule has 0 amide bonds. The molecule has 3 rings (SSSR count). The molecule has 0 aliphatic carbocycles. The molecule has 7 nitrogen and oxygen atoms in total. The van der Waals surface area contributed by atoms with Gasteiger partial charge in [-0.2, -0.15) is 5.10 Å². The van der Waals surface area contributed by atoms with E-state index in [-0.39, 0.29) is 24.0 Å². The smallest absolute Gasteiger partial charge is 0.191 e. The van der Waals surface area contributed by atoms with Gasteiger partial charge in [0.1, 0.15) is 0 Å². The second-order valence-corrected chi connectivity index (χ2v) is 7.72. The first-order valence-corrected chi connectivity index (χ1v) is 10.5. The maximum absolute atomic E-state index is 5.50. The first kappa shape index (κ1) is 24.6. The van der Waals surface area contributed by atoms with Crippen molar-refractivity contribution >= 4 is 29.9 Å². The summed E-state index contributed by atoms with van der Waals surface area (Å²) in [4.78, 5) is 6.90. The number of hydrogen-bond acceptors (Lipinski definition) is 4. The summed E-state index contributed by atoms with van der Waals surface area (Å²) in [7, 11) is 1.82. The van der Waals surface area contributed by atoms with Crippen molar-refractivity contribution in [2.24, 2.45) is 10.9 Å². The molecule has 2 heterocycles. The molecule has 1 aromatic carbocycles. The second kappa shape index (κ2) is 12.9. The van der Waals surface area contributed by atoms with E-state index >= 15 is 0 Å². The van der Waals surface area contributed by atoms with Crippen molar-refractivity contribution in [3.8, 4) is 5.69 Å².